The van der Waals surface area contributed by atoms with E-state index in [9.17, 15) is 18.0 Å². The molecule has 3 rings (SSSR count). The van der Waals surface area contributed by atoms with Crippen LogP contribution in [0.15, 0.2) is 34.9 Å². The van der Waals surface area contributed by atoms with Crippen LogP contribution in [0, 0.1) is 13.8 Å². The molecule has 0 unspecified atom stereocenters. The van der Waals surface area contributed by atoms with Crippen LogP contribution in [-0.4, -0.2) is 20.7 Å². The van der Waals surface area contributed by atoms with Crippen molar-refractivity contribution in [2.75, 3.05) is 0 Å². The van der Waals surface area contributed by atoms with Crippen molar-refractivity contribution in [2.24, 2.45) is 0 Å². The second kappa shape index (κ2) is 7.49. The fraction of sp³-hybridized carbons (Fsp3) is 0.316. The van der Waals surface area contributed by atoms with Gasteiger partial charge in [-0.25, -0.2) is 4.79 Å². The molecule has 0 saturated carbocycles. The van der Waals surface area contributed by atoms with Crippen LogP contribution in [0.3, 0.4) is 0 Å². The summed E-state index contributed by atoms with van der Waals surface area (Å²) in [6, 6.07) is 6.14. The lowest BCUT2D eigenvalue weighted by Crippen LogP contribution is -2.07. The summed E-state index contributed by atoms with van der Waals surface area (Å²) in [4.78, 5) is 16.4. The van der Waals surface area contributed by atoms with E-state index in [1.54, 1.807) is 6.07 Å². The zero-order valence-corrected chi connectivity index (χ0v) is 15.5. The van der Waals surface area contributed by atoms with E-state index < -0.39 is 17.7 Å². The van der Waals surface area contributed by atoms with Crippen molar-refractivity contribution < 1.29 is 27.2 Å². The molecule has 0 atom stereocenters. The van der Waals surface area contributed by atoms with Crippen molar-refractivity contribution in [3.8, 4) is 11.4 Å². The molecule has 0 N–H and O–H groups in total. The number of rotatable bonds is 5. The van der Waals surface area contributed by atoms with Crippen molar-refractivity contribution in [2.45, 2.75) is 40.1 Å². The van der Waals surface area contributed by atoms with Crippen LogP contribution in [0.5, 0.6) is 0 Å². The molecule has 0 spiro atoms. The molecule has 1 aromatic carbocycles. The first kappa shape index (κ1) is 19.7. The summed E-state index contributed by atoms with van der Waals surface area (Å²) in [5.74, 6) is -0.349. The molecule has 28 heavy (non-hydrogen) atoms. The standard InChI is InChI=1S/C19H18F3N3O3/c1-4-25-11(2)9-15(12(25)3)18(26)27-10-16-23-17(24-28-16)13-5-7-14(8-6-13)19(20,21)22/h5-9H,4,10H2,1-3H3. The Bertz CT molecular complexity index is 988. The van der Waals surface area contributed by atoms with E-state index in [4.69, 9.17) is 9.26 Å². The second-order valence-corrected chi connectivity index (χ2v) is 6.19. The van der Waals surface area contributed by atoms with E-state index in [1.807, 2.05) is 25.3 Å². The van der Waals surface area contributed by atoms with Crippen molar-refractivity contribution in [1.29, 1.82) is 0 Å². The van der Waals surface area contributed by atoms with E-state index in [2.05, 4.69) is 10.1 Å². The largest absolute Gasteiger partial charge is 0.452 e. The van der Waals surface area contributed by atoms with Crippen LogP contribution < -0.4 is 0 Å². The quantitative estimate of drug-likeness (QED) is 0.595. The topological polar surface area (TPSA) is 70.2 Å². The van der Waals surface area contributed by atoms with Crippen molar-refractivity contribution in [3.63, 3.8) is 0 Å². The highest BCUT2D eigenvalue weighted by molar-refractivity contribution is 5.91. The molecule has 0 fully saturated rings. The summed E-state index contributed by atoms with van der Waals surface area (Å²) in [5.41, 5.74) is 1.82. The maximum absolute atomic E-state index is 12.6. The number of esters is 1. The highest BCUT2D eigenvalue weighted by Crippen LogP contribution is 2.30. The third-order valence-electron chi connectivity index (χ3n) is 4.38. The van der Waals surface area contributed by atoms with Crippen LogP contribution in [0.25, 0.3) is 11.4 Å². The van der Waals surface area contributed by atoms with Crippen LogP contribution in [0.1, 0.15) is 40.1 Å². The molecule has 2 aromatic heterocycles. The Balaban J connectivity index is 1.67. The average Bonchev–Trinajstić information content (AvgIpc) is 3.23. The van der Waals surface area contributed by atoms with Gasteiger partial charge in [-0.2, -0.15) is 18.2 Å². The van der Waals surface area contributed by atoms with Gasteiger partial charge in [0.25, 0.3) is 5.89 Å². The van der Waals surface area contributed by atoms with Gasteiger partial charge in [-0.3, -0.25) is 0 Å². The molecule has 0 radical (unpaired) electrons. The maximum Gasteiger partial charge on any atom is 0.416 e. The molecule has 0 aliphatic heterocycles. The predicted molar refractivity (Wildman–Crippen MR) is 93.4 cm³/mol. The molecule has 0 bridgehead atoms. The summed E-state index contributed by atoms with van der Waals surface area (Å²) < 4.78 is 50.1. The zero-order valence-electron chi connectivity index (χ0n) is 15.5. The second-order valence-electron chi connectivity index (χ2n) is 6.19. The summed E-state index contributed by atoms with van der Waals surface area (Å²) in [5, 5.41) is 3.72. The lowest BCUT2D eigenvalue weighted by molar-refractivity contribution is -0.137. The zero-order chi connectivity index (χ0) is 20.5. The number of carbonyl (C=O) groups is 1. The first-order chi connectivity index (χ1) is 13.2. The fourth-order valence-corrected chi connectivity index (χ4v) is 2.94. The van der Waals surface area contributed by atoms with Gasteiger partial charge in [-0.05, 0) is 39.0 Å². The van der Waals surface area contributed by atoms with Gasteiger partial charge in [0, 0.05) is 23.5 Å². The first-order valence-corrected chi connectivity index (χ1v) is 8.54. The third-order valence-corrected chi connectivity index (χ3v) is 4.38. The monoisotopic (exact) mass is 393 g/mol. The maximum atomic E-state index is 12.6. The summed E-state index contributed by atoms with van der Waals surface area (Å²) in [7, 11) is 0. The van der Waals surface area contributed by atoms with Gasteiger partial charge >= 0.3 is 12.1 Å². The molecule has 2 heterocycles. The number of ether oxygens (including phenoxy) is 1. The summed E-state index contributed by atoms with van der Waals surface area (Å²) in [6.45, 7) is 6.23. The molecule has 9 heteroatoms. The van der Waals surface area contributed by atoms with E-state index >= 15 is 0 Å². The van der Waals surface area contributed by atoms with Gasteiger partial charge in [0.2, 0.25) is 5.82 Å². The number of hydrogen-bond acceptors (Lipinski definition) is 5. The Morgan fingerprint density at radius 3 is 2.46 bits per heavy atom. The van der Waals surface area contributed by atoms with Gasteiger partial charge in [0.1, 0.15) is 0 Å². The summed E-state index contributed by atoms with van der Waals surface area (Å²) >= 11 is 0. The van der Waals surface area contributed by atoms with Crippen molar-refractivity contribution in [1.82, 2.24) is 14.7 Å². The number of benzene rings is 1. The number of hydrogen-bond donors (Lipinski definition) is 0. The minimum Gasteiger partial charge on any atom is -0.452 e. The minimum atomic E-state index is -4.41. The van der Waals surface area contributed by atoms with Gasteiger partial charge in [0.15, 0.2) is 6.61 Å². The number of halogens is 3. The minimum absolute atomic E-state index is 0.0487. The number of aromatic nitrogens is 3. The SMILES string of the molecule is CCn1c(C)cc(C(=O)OCc2nc(-c3ccc(C(F)(F)F)cc3)no2)c1C. The molecule has 148 valence electrons. The van der Waals surface area contributed by atoms with Crippen LogP contribution in [-0.2, 0) is 24.1 Å². The molecular weight excluding hydrogens is 375 g/mol. The lowest BCUT2D eigenvalue weighted by Gasteiger charge is -2.06. The lowest BCUT2D eigenvalue weighted by atomic mass is 10.1. The van der Waals surface area contributed by atoms with Gasteiger partial charge in [-0.15, -0.1) is 0 Å². The van der Waals surface area contributed by atoms with E-state index in [0.29, 0.717) is 11.1 Å². The highest BCUT2D eigenvalue weighted by Gasteiger charge is 2.30. The molecule has 0 aliphatic carbocycles. The van der Waals surface area contributed by atoms with Gasteiger partial charge < -0.3 is 13.8 Å². The molecule has 6 nitrogen and oxygen atoms in total. The predicted octanol–water partition coefficient (Wildman–Crippen LogP) is 4.55. The number of nitrogens with zero attached hydrogens (tertiary/aromatic N) is 3. The van der Waals surface area contributed by atoms with Crippen LogP contribution >= 0.6 is 0 Å². The molecule has 0 saturated heterocycles. The number of alkyl halides is 3. The van der Waals surface area contributed by atoms with Crippen LogP contribution in [0.2, 0.25) is 0 Å². The van der Waals surface area contributed by atoms with E-state index in [1.165, 1.54) is 12.1 Å². The third kappa shape index (κ3) is 3.92. The number of aryl methyl sites for hydroxylation is 1. The molecule has 0 aliphatic rings. The average molecular weight is 393 g/mol. The highest BCUT2D eigenvalue weighted by atomic mass is 19.4. The number of carbonyl (C=O) groups excluding carboxylic acids is 1. The van der Waals surface area contributed by atoms with E-state index in [0.717, 1.165) is 30.1 Å². The van der Waals surface area contributed by atoms with Gasteiger partial charge in [0.05, 0.1) is 11.1 Å². The summed E-state index contributed by atoms with van der Waals surface area (Å²) in [6.07, 6.45) is -4.41. The fourth-order valence-electron chi connectivity index (χ4n) is 2.94. The Hall–Kier alpha value is -3.10. The van der Waals surface area contributed by atoms with Gasteiger partial charge in [-0.1, -0.05) is 17.3 Å². The smallest absolute Gasteiger partial charge is 0.416 e. The Morgan fingerprint density at radius 2 is 1.89 bits per heavy atom. The molecule has 0 amide bonds. The van der Waals surface area contributed by atoms with Crippen molar-refractivity contribution >= 4 is 5.97 Å². The van der Waals surface area contributed by atoms with Crippen LogP contribution in [0.4, 0.5) is 13.2 Å². The first-order valence-electron chi connectivity index (χ1n) is 8.54. The Kier molecular flexibility index (Phi) is 5.26. The molecular formula is C19H18F3N3O3. The van der Waals surface area contributed by atoms with Crippen molar-refractivity contribution in [3.05, 3.63) is 58.7 Å². The molecule has 3 aromatic rings. The Labute approximate surface area is 158 Å². The normalized spacial score (nSPS) is 11.6. The Morgan fingerprint density at radius 1 is 1.21 bits per heavy atom. The van der Waals surface area contributed by atoms with E-state index in [-0.39, 0.29) is 18.3 Å².